The molecule has 1 heterocycles. The molecule has 0 radical (unpaired) electrons. The molecular formula is C18H19NO5S. The van der Waals surface area contributed by atoms with Crippen molar-refractivity contribution in [2.24, 2.45) is 0 Å². The van der Waals surface area contributed by atoms with Crippen LogP contribution in [0.3, 0.4) is 0 Å². The summed E-state index contributed by atoms with van der Waals surface area (Å²) in [6.07, 6.45) is 0. The molecule has 1 aliphatic rings. The molecule has 0 aromatic heterocycles. The van der Waals surface area contributed by atoms with Gasteiger partial charge in [-0.3, -0.25) is 4.79 Å². The Morgan fingerprint density at radius 1 is 1.12 bits per heavy atom. The number of fused-ring (bicyclic) bond motifs is 1. The van der Waals surface area contributed by atoms with Crippen LogP contribution in [0.4, 0.5) is 0 Å². The van der Waals surface area contributed by atoms with Gasteiger partial charge in [0.15, 0.2) is 21.3 Å². The molecule has 3 rings (SSSR count). The lowest BCUT2D eigenvalue weighted by Gasteiger charge is -2.15. The van der Waals surface area contributed by atoms with Gasteiger partial charge in [-0.2, -0.15) is 0 Å². The molecule has 0 saturated carbocycles. The smallest absolute Gasteiger partial charge is 0.251 e. The van der Waals surface area contributed by atoms with Crippen LogP contribution in [0.1, 0.15) is 35.8 Å². The molecule has 1 N–H and O–H groups in total. The zero-order chi connectivity index (χ0) is 18.0. The van der Waals surface area contributed by atoms with Gasteiger partial charge in [0.1, 0.15) is 0 Å². The van der Waals surface area contributed by atoms with E-state index in [9.17, 15) is 13.2 Å². The molecule has 1 aliphatic heterocycles. The number of nitrogens with one attached hydrogen (secondary N) is 1. The maximum absolute atomic E-state index is 12.4. The molecule has 6 nitrogen and oxygen atoms in total. The molecule has 1 atom stereocenters. The topological polar surface area (TPSA) is 81.7 Å². The van der Waals surface area contributed by atoms with Gasteiger partial charge in [0.05, 0.1) is 16.7 Å². The Kier molecular flexibility index (Phi) is 4.67. The van der Waals surface area contributed by atoms with Crippen molar-refractivity contribution in [1.29, 1.82) is 0 Å². The van der Waals surface area contributed by atoms with Crippen LogP contribution in [-0.4, -0.2) is 26.9 Å². The molecule has 0 saturated heterocycles. The maximum atomic E-state index is 12.4. The first-order valence-electron chi connectivity index (χ1n) is 7.94. The van der Waals surface area contributed by atoms with Crippen LogP contribution < -0.4 is 14.8 Å². The normalized spacial score (nSPS) is 14.2. The van der Waals surface area contributed by atoms with Crippen molar-refractivity contribution in [3.63, 3.8) is 0 Å². The summed E-state index contributed by atoms with van der Waals surface area (Å²) in [5, 5.41) is 2.89. The van der Waals surface area contributed by atoms with E-state index in [2.05, 4.69) is 5.32 Å². The minimum absolute atomic E-state index is 0.0275. The predicted octanol–water partition coefficient (Wildman–Crippen LogP) is 2.70. The van der Waals surface area contributed by atoms with Crippen molar-refractivity contribution >= 4 is 15.7 Å². The third-order valence-corrected chi connectivity index (χ3v) is 5.85. The van der Waals surface area contributed by atoms with E-state index in [-0.39, 0.29) is 29.4 Å². The molecule has 0 bridgehead atoms. The van der Waals surface area contributed by atoms with Gasteiger partial charge in [0.2, 0.25) is 6.79 Å². The van der Waals surface area contributed by atoms with Gasteiger partial charge >= 0.3 is 0 Å². The zero-order valence-corrected chi connectivity index (χ0v) is 14.8. The van der Waals surface area contributed by atoms with Crippen molar-refractivity contribution < 1.29 is 22.7 Å². The van der Waals surface area contributed by atoms with E-state index in [0.717, 1.165) is 5.56 Å². The number of hydrogen-bond acceptors (Lipinski definition) is 5. The number of sulfone groups is 1. The van der Waals surface area contributed by atoms with E-state index in [1.54, 1.807) is 6.92 Å². The summed E-state index contributed by atoms with van der Waals surface area (Å²) in [6, 6.07) is 11.2. The first-order chi connectivity index (χ1) is 11.9. The fourth-order valence-corrected chi connectivity index (χ4v) is 3.41. The van der Waals surface area contributed by atoms with Gasteiger partial charge in [-0.05, 0) is 48.9 Å². The van der Waals surface area contributed by atoms with Crippen LogP contribution in [0.25, 0.3) is 0 Å². The van der Waals surface area contributed by atoms with Gasteiger partial charge in [-0.15, -0.1) is 0 Å². The Labute approximate surface area is 146 Å². The number of ether oxygens (including phenoxy) is 2. The van der Waals surface area contributed by atoms with Crippen molar-refractivity contribution in [1.82, 2.24) is 5.32 Å². The highest BCUT2D eigenvalue weighted by Gasteiger charge is 2.18. The third kappa shape index (κ3) is 3.61. The summed E-state index contributed by atoms with van der Waals surface area (Å²) >= 11 is 0. The zero-order valence-electron chi connectivity index (χ0n) is 14.0. The first-order valence-corrected chi connectivity index (χ1v) is 9.59. The molecule has 2 aromatic carbocycles. The largest absolute Gasteiger partial charge is 0.454 e. The van der Waals surface area contributed by atoms with Crippen molar-refractivity contribution in [3.8, 4) is 11.5 Å². The lowest BCUT2D eigenvalue weighted by atomic mass is 10.1. The third-order valence-electron chi connectivity index (χ3n) is 4.10. The fourth-order valence-electron chi connectivity index (χ4n) is 2.53. The summed E-state index contributed by atoms with van der Waals surface area (Å²) in [5.74, 6) is 1.10. The second-order valence-electron chi connectivity index (χ2n) is 5.74. The van der Waals surface area contributed by atoms with Crippen molar-refractivity contribution in [2.45, 2.75) is 24.8 Å². The number of benzene rings is 2. The number of amides is 1. The summed E-state index contributed by atoms with van der Waals surface area (Å²) in [6.45, 7) is 3.65. The highest BCUT2D eigenvalue weighted by Crippen LogP contribution is 2.34. The molecule has 1 amide bonds. The SMILES string of the molecule is CCS(=O)(=O)c1ccc(C(=O)NC(C)c2ccc3c(c2)OCO3)cc1. The van der Waals surface area contributed by atoms with E-state index in [1.807, 2.05) is 25.1 Å². The van der Waals surface area contributed by atoms with E-state index in [4.69, 9.17) is 9.47 Å². The monoisotopic (exact) mass is 361 g/mol. The Morgan fingerprint density at radius 3 is 2.48 bits per heavy atom. The van der Waals surface area contributed by atoms with Crippen molar-refractivity contribution in [2.75, 3.05) is 12.5 Å². The van der Waals surface area contributed by atoms with Gasteiger partial charge < -0.3 is 14.8 Å². The maximum Gasteiger partial charge on any atom is 0.251 e. The molecule has 25 heavy (non-hydrogen) atoms. The minimum Gasteiger partial charge on any atom is -0.454 e. The standard InChI is InChI=1S/C18H19NO5S/c1-3-25(21,22)15-7-4-13(5-8-15)18(20)19-12(2)14-6-9-16-17(10-14)24-11-23-16/h4-10,12H,3,11H2,1-2H3,(H,19,20). The molecule has 7 heteroatoms. The van der Waals surface area contributed by atoms with E-state index >= 15 is 0 Å². The summed E-state index contributed by atoms with van der Waals surface area (Å²) in [7, 11) is -3.27. The van der Waals surface area contributed by atoms with Crippen LogP contribution in [0, 0.1) is 0 Å². The van der Waals surface area contributed by atoms with Gasteiger partial charge in [0, 0.05) is 5.56 Å². The number of carbonyl (C=O) groups excluding carboxylic acids is 1. The molecule has 132 valence electrons. The average molecular weight is 361 g/mol. The Balaban J connectivity index is 1.71. The van der Waals surface area contributed by atoms with E-state index < -0.39 is 9.84 Å². The van der Waals surface area contributed by atoms with Crippen LogP contribution in [-0.2, 0) is 9.84 Å². The van der Waals surface area contributed by atoms with Crippen LogP contribution in [0.15, 0.2) is 47.4 Å². The quantitative estimate of drug-likeness (QED) is 0.885. The lowest BCUT2D eigenvalue weighted by Crippen LogP contribution is -2.26. The predicted molar refractivity (Wildman–Crippen MR) is 92.6 cm³/mol. The Hall–Kier alpha value is -2.54. The second kappa shape index (κ2) is 6.76. The fraction of sp³-hybridized carbons (Fsp3) is 0.278. The molecule has 0 spiro atoms. The number of hydrogen-bond donors (Lipinski definition) is 1. The summed E-state index contributed by atoms with van der Waals surface area (Å²) in [4.78, 5) is 12.6. The van der Waals surface area contributed by atoms with Crippen LogP contribution in [0.2, 0.25) is 0 Å². The van der Waals surface area contributed by atoms with Gasteiger partial charge in [0.25, 0.3) is 5.91 Å². The highest BCUT2D eigenvalue weighted by atomic mass is 32.2. The average Bonchev–Trinajstić information content (AvgIpc) is 3.09. The molecule has 0 fully saturated rings. The lowest BCUT2D eigenvalue weighted by molar-refractivity contribution is 0.0939. The number of rotatable bonds is 5. The molecular weight excluding hydrogens is 342 g/mol. The first kappa shape index (κ1) is 17.3. The second-order valence-corrected chi connectivity index (χ2v) is 8.01. The van der Waals surface area contributed by atoms with Crippen LogP contribution >= 0.6 is 0 Å². The van der Waals surface area contributed by atoms with Gasteiger partial charge in [-0.25, -0.2) is 8.42 Å². The number of carbonyl (C=O) groups is 1. The van der Waals surface area contributed by atoms with E-state index in [1.165, 1.54) is 24.3 Å². The van der Waals surface area contributed by atoms with E-state index in [0.29, 0.717) is 17.1 Å². The molecule has 0 aliphatic carbocycles. The van der Waals surface area contributed by atoms with Crippen LogP contribution in [0.5, 0.6) is 11.5 Å². The summed E-state index contributed by atoms with van der Waals surface area (Å²) < 4.78 is 34.2. The molecule has 2 aromatic rings. The minimum atomic E-state index is -3.27. The van der Waals surface area contributed by atoms with Crippen molar-refractivity contribution in [3.05, 3.63) is 53.6 Å². The Morgan fingerprint density at radius 2 is 1.80 bits per heavy atom. The Bertz CT molecular complexity index is 890. The summed E-state index contributed by atoms with van der Waals surface area (Å²) in [5.41, 5.74) is 1.30. The highest BCUT2D eigenvalue weighted by molar-refractivity contribution is 7.91. The van der Waals surface area contributed by atoms with Gasteiger partial charge in [-0.1, -0.05) is 13.0 Å². The molecule has 1 unspecified atom stereocenters.